The van der Waals surface area contributed by atoms with Crippen molar-refractivity contribution in [1.82, 2.24) is 9.97 Å². The van der Waals surface area contributed by atoms with Crippen molar-refractivity contribution < 1.29 is 19.1 Å². The first kappa shape index (κ1) is 31.8. The van der Waals surface area contributed by atoms with E-state index in [1.807, 2.05) is 93.6 Å². The van der Waals surface area contributed by atoms with Gasteiger partial charge < -0.3 is 9.47 Å². The van der Waals surface area contributed by atoms with Crippen LogP contribution >= 0.6 is 22.7 Å². The molecule has 0 fully saturated rings. The fourth-order valence-electron chi connectivity index (χ4n) is 6.19. The van der Waals surface area contributed by atoms with Crippen LogP contribution in [0.1, 0.15) is 58.2 Å². The summed E-state index contributed by atoms with van der Waals surface area (Å²) >= 11 is 2.98. The number of carbonyl (C=O) groups is 2. The molecule has 2 aliphatic rings. The molecule has 2 N–H and O–H groups in total. The molecule has 0 bridgehead atoms. The van der Waals surface area contributed by atoms with Crippen LogP contribution in [-0.4, -0.2) is 45.2 Å². The molecule has 1 atom stereocenters. The summed E-state index contributed by atoms with van der Waals surface area (Å²) in [5.74, 6) is 1.20. The Hall–Kier alpha value is -5.46. The highest BCUT2D eigenvalue weighted by atomic mass is 32.1. The first-order chi connectivity index (χ1) is 24.3. The molecule has 0 saturated carbocycles. The molecular weight excluding hydrogens is 669 g/mol. The molecule has 0 amide bonds. The zero-order valence-corrected chi connectivity index (χ0v) is 29.2. The van der Waals surface area contributed by atoms with Crippen molar-refractivity contribution in [2.24, 2.45) is 10.2 Å². The summed E-state index contributed by atoms with van der Waals surface area (Å²) in [5, 5.41) is 10.1. The van der Waals surface area contributed by atoms with Gasteiger partial charge in [0.05, 0.1) is 32.6 Å². The van der Waals surface area contributed by atoms with Crippen molar-refractivity contribution >= 4 is 76.4 Å². The summed E-state index contributed by atoms with van der Waals surface area (Å²) in [6.07, 6.45) is 1.48. The van der Waals surface area contributed by atoms with Crippen LogP contribution in [0.15, 0.2) is 89.1 Å². The Kier molecular flexibility index (Phi) is 8.33. The molecule has 0 saturated heterocycles. The number of hydrogen-bond donors (Lipinski definition) is 2. The molecule has 50 heavy (non-hydrogen) atoms. The van der Waals surface area contributed by atoms with E-state index in [1.54, 1.807) is 0 Å². The van der Waals surface area contributed by atoms with E-state index < -0.39 is 0 Å². The Morgan fingerprint density at radius 3 is 2.12 bits per heavy atom. The third-order valence-corrected chi connectivity index (χ3v) is 10.3. The number of ether oxygens (including phenoxy) is 2. The van der Waals surface area contributed by atoms with Crippen LogP contribution in [0, 0.1) is 0 Å². The largest absolute Gasteiger partial charge is 0.491 e. The van der Waals surface area contributed by atoms with Crippen molar-refractivity contribution in [1.29, 1.82) is 0 Å². The molecule has 250 valence electrons. The van der Waals surface area contributed by atoms with Crippen molar-refractivity contribution in [3.63, 3.8) is 0 Å². The van der Waals surface area contributed by atoms with E-state index in [0.717, 1.165) is 42.9 Å². The van der Waals surface area contributed by atoms with E-state index in [9.17, 15) is 9.59 Å². The number of anilines is 2. The normalized spacial score (nSPS) is 16.1. The van der Waals surface area contributed by atoms with Gasteiger partial charge in [-0.05, 0) is 92.1 Å². The molecule has 2 aliphatic carbocycles. The van der Waals surface area contributed by atoms with E-state index in [0.29, 0.717) is 57.8 Å². The van der Waals surface area contributed by atoms with Gasteiger partial charge in [-0.1, -0.05) is 46.9 Å². The summed E-state index contributed by atoms with van der Waals surface area (Å²) in [5.41, 5.74) is 12.8. The van der Waals surface area contributed by atoms with E-state index in [-0.39, 0.29) is 23.8 Å². The summed E-state index contributed by atoms with van der Waals surface area (Å²) in [4.78, 5) is 35.3. The number of ketones is 2. The van der Waals surface area contributed by atoms with Gasteiger partial charge in [-0.25, -0.2) is 9.97 Å². The number of para-hydroxylation sites is 1. The number of nitrogens with zero attached hydrogens (tertiary/aromatic N) is 4. The number of thiazole rings is 2. The summed E-state index contributed by atoms with van der Waals surface area (Å²) in [6, 6.07) is 25.2. The van der Waals surface area contributed by atoms with Gasteiger partial charge in [-0.3, -0.25) is 20.4 Å². The van der Waals surface area contributed by atoms with Gasteiger partial charge in [0.1, 0.15) is 22.9 Å². The van der Waals surface area contributed by atoms with Crippen LogP contribution in [0.2, 0.25) is 0 Å². The number of rotatable bonds is 10. The fraction of sp³-hybridized carbons (Fsp3) is 0.211. The van der Waals surface area contributed by atoms with Crippen molar-refractivity contribution in [3.8, 4) is 11.5 Å². The second-order valence-corrected chi connectivity index (χ2v) is 14.7. The van der Waals surface area contributed by atoms with Gasteiger partial charge >= 0.3 is 0 Å². The van der Waals surface area contributed by atoms with Crippen LogP contribution in [0.3, 0.4) is 0 Å². The first-order valence-electron chi connectivity index (χ1n) is 16.3. The lowest BCUT2D eigenvalue weighted by atomic mass is 10.1. The third-order valence-electron chi connectivity index (χ3n) is 8.44. The lowest BCUT2D eigenvalue weighted by Crippen LogP contribution is -2.15. The zero-order chi connectivity index (χ0) is 34.4. The van der Waals surface area contributed by atoms with E-state index in [4.69, 9.17) is 9.47 Å². The molecular formula is C38H32N6O4S2. The highest BCUT2D eigenvalue weighted by molar-refractivity contribution is 7.22. The quantitative estimate of drug-likeness (QED) is 0.137. The molecule has 2 aromatic heterocycles. The van der Waals surface area contributed by atoms with Crippen LogP contribution in [0.4, 0.5) is 10.3 Å². The number of benzene rings is 4. The topological polar surface area (TPSA) is 127 Å². The highest BCUT2D eigenvalue weighted by Gasteiger charge is 2.28. The standard InChI is InChI=1S/C38H32N6O4S2/c1-20(2)47-25-11-12-27-24(16-25)18-32(35(27)45)42-44-38-40-30-13-8-22(15-34(30)50-38)14-21(3)48-26-10-9-23-17-31(36(46)28(23)19-26)41-43-37-39-29-6-4-5-7-33(29)49-37/h4-13,15-16,19-21H,14,17-18H2,1-3H3,(H,39,43)(H,40,44)/b41-31-,42-32-. The van der Waals surface area contributed by atoms with Crippen LogP contribution in [0.25, 0.3) is 20.4 Å². The third kappa shape index (κ3) is 6.47. The monoisotopic (exact) mass is 700 g/mol. The smallest absolute Gasteiger partial charge is 0.209 e. The number of Topliss-reactive ketones (excluding diaryl/α,β-unsaturated/α-hetero) is 2. The van der Waals surface area contributed by atoms with E-state index in [1.165, 1.54) is 22.7 Å². The molecule has 10 nitrogen and oxygen atoms in total. The Bertz CT molecular complexity index is 2340. The molecule has 2 heterocycles. The van der Waals surface area contributed by atoms with Gasteiger partial charge in [0.25, 0.3) is 0 Å². The zero-order valence-electron chi connectivity index (χ0n) is 27.5. The van der Waals surface area contributed by atoms with E-state index in [2.05, 4.69) is 37.1 Å². The SMILES string of the molecule is CC(C)Oc1ccc2c(c1)C/C(=N/Nc1nc3ccc(CC(C)Oc4ccc5c(c4)C(=O)/C(=N\Nc4nc6ccccc6s4)C5)cc3s1)C2=O. The molecule has 0 aliphatic heterocycles. The van der Waals surface area contributed by atoms with Crippen molar-refractivity contribution in [2.45, 2.75) is 52.2 Å². The summed E-state index contributed by atoms with van der Waals surface area (Å²) < 4.78 is 14.1. The van der Waals surface area contributed by atoms with Crippen LogP contribution in [-0.2, 0) is 19.3 Å². The van der Waals surface area contributed by atoms with E-state index >= 15 is 0 Å². The van der Waals surface area contributed by atoms with Crippen molar-refractivity contribution in [3.05, 3.63) is 107 Å². The van der Waals surface area contributed by atoms with Crippen molar-refractivity contribution in [2.75, 3.05) is 10.9 Å². The van der Waals surface area contributed by atoms with Gasteiger partial charge in [-0.2, -0.15) is 10.2 Å². The van der Waals surface area contributed by atoms with Gasteiger partial charge in [0.2, 0.25) is 21.8 Å². The average Bonchev–Trinajstić information content (AvgIpc) is 3.85. The number of hydrazone groups is 2. The molecule has 1 unspecified atom stereocenters. The van der Waals surface area contributed by atoms with Crippen LogP contribution < -0.4 is 20.3 Å². The lowest BCUT2D eigenvalue weighted by molar-refractivity contribution is 0.106. The maximum atomic E-state index is 13.2. The number of hydrogen-bond acceptors (Lipinski definition) is 12. The number of nitrogens with one attached hydrogen (secondary N) is 2. The minimum absolute atomic E-state index is 0.0575. The second-order valence-electron chi connectivity index (χ2n) is 12.6. The minimum atomic E-state index is -0.144. The number of aromatic nitrogens is 2. The maximum Gasteiger partial charge on any atom is 0.209 e. The molecule has 8 rings (SSSR count). The second kappa shape index (κ2) is 13.1. The minimum Gasteiger partial charge on any atom is -0.491 e. The Morgan fingerprint density at radius 1 is 0.700 bits per heavy atom. The predicted octanol–water partition coefficient (Wildman–Crippen LogP) is 8.12. The number of fused-ring (bicyclic) bond motifs is 4. The molecule has 12 heteroatoms. The Labute approximate surface area is 295 Å². The lowest BCUT2D eigenvalue weighted by Gasteiger charge is -2.15. The molecule has 0 spiro atoms. The Morgan fingerprint density at radius 2 is 1.36 bits per heavy atom. The molecule has 4 aromatic carbocycles. The van der Waals surface area contributed by atoms with Crippen LogP contribution in [0.5, 0.6) is 11.5 Å². The molecule has 6 aromatic rings. The average molecular weight is 701 g/mol. The van der Waals surface area contributed by atoms with Gasteiger partial charge in [-0.15, -0.1) is 0 Å². The molecule has 0 radical (unpaired) electrons. The highest BCUT2D eigenvalue weighted by Crippen LogP contribution is 2.31. The summed E-state index contributed by atoms with van der Waals surface area (Å²) in [7, 11) is 0. The first-order valence-corrected chi connectivity index (χ1v) is 18.0. The van der Waals surface area contributed by atoms with Gasteiger partial charge in [0, 0.05) is 30.4 Å². The Balaban J connectivity index is 0.886. The predicted molar refractivity (Wildman–Crippen MR) is 200 cm³/mol. The maximum absolute atomic E-state index is 13.2. The van der Waals surface area contributed by atoms with Gasteiger partial charge in [0.15, 0.2) is 0 Å². The summed E-state index contributed by atoms with van der Waals surface area (Å²) in [6.45, 7) is 5.96. The fourth-order valence-corrected chi connectivity index (χ4v) is 7.87. The number of carbonyl (C=O) groups excluding carboxylic acids is 2.